The molecule has 0 aliphatic carbocycles. The minimum Gasteiger partial charge on any atom is -0.334 e. The van der Waals surface area contributed by atoms with Gasteiger partial charge in [-0.25, -0.2) is 0 Å². The Labute approximate surface area is 101 Å². The molecule has 2 rings (SSSR count). The molecule has 1 aromatic carbocycles. The van der Waals surface area contributed by atoms with Crippen LogP contribution in [-0.4, -0.2) is 23.7 Å². The van der Waals surface area contributed by atoms with E-state index >= 15 is 0 Å². The van der Waals surface area contributed by atoms with Crippen molar-refractivity contribution in [2.24, 2.45) is 0 Å². The van der Waals surface area contributed by atoms with Gasteiger partial charge in [-0.05, 0) is 39.1 Å². The Balaban J connectivity index is 2.04. The van der Waals surface area contributed by atoms with Gasteiger partial charge in [0.15, 0.2) is 5.82 Å². The second-order valence-corrected chi connectivity index (χ2v) is 4.09. The van der Waals surface area contributed by atoms with Gasteiger partial charge in [0, 0.05) is 12.0 Å². The number of hydrogen-bond acceptors (Lipinski definition) is 4. The quantitative estimate of drug-likeness (QED) is 0.801. The predicted octanol–water partition coefficient (Wildman–Crippen LogP) is 2.20. The van der Waals surface area contributed by atoms with Crippen molar-refractivity contribution in [3.63, 3.8) is 0 Å². The van der Waals surface area contributed by atoms with E-state index < -0.39 is 0 Å². The van der Waals surface area contributed by atoms with Gasteiger partial charge in [0.2, 0.25) is 0 Å². The van der Waals surface area contributed by atoms with Crippen LogP contribution in [0, 0.1) is 6.92 Å². The maximum absolute atomic E-state index is 5.24. The Morgan fingerprint density at radius 2 is 2.00 bits per heavy atom. The molecule has 0 saturated carbocycles. The summed E-state index contributed by atoms with van der Waals surface area (Å²) >= 11 is 0. The zero-order valence-corrected chi connectivity index (χ0v) is 10.2. The predicted molar refractivity (Wildman–Crippen MR) is 66.7 cm³/mol. The Hall–Kier alpha value is -1.68. The molecule has 0 bridgehead atoms. The van der Waals surface area contributed by atoms with Gasteiger partial charge in [0.1, 0.15) is 0 Å². The van der Waals surface area contributed by atoms with Crippen molar-refractivity contribution in [1.82, 2.24) is 15.5 Å². The van der Waals surface area contributed by atoms with Crippen molar-refractivity contribution >= 4 is 0 Å². The van der Waals surface area contributed by atoms with Crippen molar-refractivity contribution < 1.29 is 4.52 Å². The molecule has 0 unspecified atom stereocenters. The van der Waals surface area contributed by atoms with E-state index in [1.807, 2.05) is 31.3 Å². The highest BCUT2D eigenvalue weighted by Gasteiger charge is 2.07. The van der Waals surface area contributed by atoms with Gasteiger partial charge in [-0.1, -0.05) is 22.9 Å². The fourth-order valence-corrected chi connectivity index (χ4v) is 1.59. The fourth-order valence-electron chi connectivity index (χ4n) is 1.59. The lowest BCUT2D eigenvalue weighted by Gasteiger charge is -1.95. The molecule has 0 amide bonds. The maximum atomic E-state index is 5.24. The largest absolute Gasteiger partial charge is 0.334 e. The van der Waals surface area contributed by atoms with Crippen LogP contribution in [0.15, 0.2) is 28.8 Å². The number of rotatable bonds is 5. The van der Waals surface area contributed by atoms with Crippen LogP contribution in [0.3, 0.4) is 0 Å². The van der Waals surface area contributed by atoms with Crippen LogP contribution in [0.4, 0.5) is 0 Å². The molecule has 0 spiro atoms. The summed E-state index contributed by atoms with van der Waals surface area (Å²) in [6.07, 6.45) is 1.86. The zero-order valence-electron chi connectivity index (χ0n) is 10.2. The Bertz CT molecular complexity index is 462. The summed E-state index contributed by atoms with van der Waals surface area (Å²) in [5, 5.41) is 7.07. The number of aromatic nitrogens is 2. The van der Waals surface area contributed by atoms with E-state index in [2.05, 4.69) is 22.4 Å². The monoisotopic (exact) mass is 231 g/mol. The van der Waals surface area contributed by atoms with E-state index in [9.17, 15) is 0 Å². The van der Waals surface area contributed by atoms with E-state index in [1.54, 1.807) is 0 Å². The molecule has 4 nitrogen and oxygen atoms in total. The molecular weight excluding hydrogens is 214 g/mol. The topological polar surface area (TPSA) is 51.0 Å². The molecule has 4 heteroatoms. The molecule has 1 heterocycles. The molecule has 0 aliphatic heterocycles. The van der Waals surface area contributed by atoms with Gasteiger partial charge in [-0.2, -0.15) is 4.98 Å². The smallest absolute Gasteiger partial charge is 0.257 e. The third-order valence-electron chi connectivity index (χ3n) is 2.59. The number of benzene rings is 1. The third kappa shape index (κ3) is 3.14. The average molecular weight is 231 g/mol. The Morgan fingerprint density at radius 3 is 2.71 bits per heavy atom. The highest BCUT2D eigenvalue weighted by molar-refractivity contribution is 5.53. The molecule has 1 aromatic heterocycles. The standard InChI is InChI=1S/C13H17N3O/c1-10-5-7-11(8-6-10)13-15-12(16-17-13)4-3-9-14-2/h5-8,14H,3-4,9H2,1-2H3. The molecule has 17 heavy (non-hydrogen) atoms. The summed E-state index contributed by atoms with van der Waals surface area (Å²) in [4.78, 5) is 4.38. The van der Waals surface area contributed by atoms with Gasteiger partial charge in [0.05, 0.1) is 0 Å². The van der Waals surface area contributed by atoms with Gasteiger partial charge in [0.25, 0.3) is 5.89 Å². The van der Waals surface area contributed by atoms with Crippen LogP contribution in [0.1, 0.15) is 17.8 Å². The molecule has 0 saturated heterocycles. The highest BCUT2D eigenvalue weighted by atomic mass is 16.5. The summed E-state index contributed by atoms with van der Waals surface area (Å²) in [7, 11) is 1.94. The van der Waals surface area contributed by atoms with Crippen LogP contribution < -0.4 is 5.32 Å². The number of nitrogens with zero attached hydrogens (tertiary/aromatic N) is 2. The van der Waals surface area contributed by atoms with Crippen LogP contribution in [0.25, 0.3) is 11.5 Å². The van der Waals surface area contributed by atoms with Crippen LogP contribution in [-0.2, 0) is 6.42 Å². The lowest BCUT2D eigenvalue weighted by Crippen LogP contribution is -2.08. The SMILES string of the molecule is CNCCCc1noc(-c2ccc(C)cc2)n1. The molecular formula is C13H17N3O. The minimum atomic E-state index is 0.601. The van der Waals surface area contributed by atoms with Gasteiger partial charge in [-0.15, -0.1) is 0 Å². The first-order valence-corrected chi connectivity index (χ1v) is 5.84. The second-order valence-electron chi connectivity index (χ2n) is 4.09. The summed E-state index contributed by atoms with van der Waals surface area (Å²) in [6, 6.07) is 8.08. The number of aryl methyl sites for hydroxylation is 2. The summed E-state index contributed by atoms with van der Waals surface area (Å²) in [5.41, 5.74) is 2.20. The number of nitrogens with one attached hydrogen (secondary N) is 1. The Morgan fingerprint density at radius 1 is 1.24 bits per heavy atom. The van der Waals surface area contributed by atoms with Gasteiger partial charge < -0.3 is 9.84 Å². The molecule has 1 N–H and O–H groups in total. The van der Waals surface area contributed by atoms with Crippen LogP contribution in [0.5, 0.6) is 0 Å². The maximum Gasteiger partial charge on any atom is 0.257 e. The summed E-state index contributed by atoms with van der Waals surface area (Å²) < 4.78 is 5.24. The van der Waals surface area contributed by atoms with Gasteiger partial charge >= 0.3 is 0 Å². The highest BCUT2D eigenvalue weighted by Crippen LogP contribution is 2.17. The third-order valence-corrected chi connectivity index (χ3v) is 2.59. The fraction of sp³-hybridized carbons (Fsp3) is 0.385. The lowest BCUT2D eigenvalue weighted by molar-refractivity contribution is 0.421. The van der Waals surface area contributed by atoms with E-state index in [0.717, 1.165) is 30.8 Å². The van der Waals surface area contributed by atoms with E-state index in [-0.39, 0.29) is 0 Å². The van der Waals surface area contributed by atoms with Crippen LogP contribution in [0.2, 0.25) is 0 Å². The van der Waals surface area contributed by atoms with Crippen molar-refractivity contribution in [3.05, 3.63) is 35.7 Å². The van der Waals surface area contributed by atoms with Crippen molar-refractivity contribution in [1.29, 1.82) is 0 Å². The van der Waals surface area contributed by atoms with Crippen molar-refractivity contribution in [2.75, 3.05) is 13.6 Å². The number of hydrogen-bond donors (Lipinski definition) is 1. The molecule has 0 atom stereocenters. The average Bonchev–Trinajstić information content (AvgIpc) is 2.79. The van der Waals surface area contributed by atoms with E-state index in [1.165, 1.54) is 5.56 Å². The summed E-state index contributed by atoms with van der Waals surface area (Å²) in [6.45, 7) is 3.02. The van der Waals surface area contributed by atoms with Crippen molar-refractivity contribution in [2.45, 2.75) is 19.8 Å². The first kappa shape index (κ1) is 11.8. The minimum absolute atomic E-state index is 0.601. The van der Waals surface area contributed by atoms with Crippen LogP contribution >= 0.6 is 0 Å². The van der Waals surface area contributed by atoms with Gasteiger partial charge in [-0.3, -0.25) is 0 Å². The normalized spacial score (nSPS) is 10.7. The molecule has 90 valence electrons. The first-order valence-electron chi connectivity index (χ1n) is 5.84. The first-order chi connectivity index (χ1) is 8.29. The molecule has 2 aromatic rings. The lowest BCUT2D eigenvalue weighted by atomic mass is 10.1. The summed E-state index contributed by atoms with van der Waals surface area (Å²) in [5.74, 6) is 1.38. The molecule has 0 fully saturated rings. The second kappa shape index (κ2) is 5.59. The molecule has 0 aliphatic rings. The van der Waals surface area contributed by atoms with E-state index in [0.29, 0.717) is 5.89 Å². The zero-order chi connectivity index (χ0) is 12.1. The molecule has 0 radical (unpaired) electrons. The van der Waals surface area contributed by atoms with E-state index in [4.69, 9.17) is 4.52 Å². The Kier molecular flexibility index (Phi) is 3.88. The van der Waals surface area contributed by atoms with Crippen molar-refractivity contribution in [3.8, 4) is 11.5 Å².